The van der Waals surface area contributed by atoms with E-state index in [-0.39, 0.29) is 5.91 Å². The lowest BCUT2D eigenvalue weighted by molar-refractivity contribution is -0.131. The smallest absolute Gasteiger partial charge is 0.238 e. The minimum absolute atomic E-state index is 0.0396. The molecule has 1 saturated heterocycles. The van der Waals surface area contributed by atoms with Gasteiger partial charge in [0.1, 0.15) is 0 Å². The van der Waals surface area contributed by atoms with Gasteiger partial charge >= 0.3 is 0 Å². The molecular formula is C13H18N2O. The van der Waals surface area contributed by atoms with E-state index >= 15 is 0 Å². The predicted molar refractivity (Wildman–Crippen MR) is 64.5 cm³/mol. The maximum atomic E-state index is 11.9. The Hall–Kier alpha value is -1.45. The van der Waals surface area contributed by atoms with Gasteiger partial charge in [0.25, 0.3) is 0 Å². The zero-order chi connectivity index (χ0) is 11.8. The number of carbonyl (C=O) groups is 1. The molecule has 0 aromatic heterocycles. The topological polar surface area (TPSA) is 23.6 Å². The van der Waals surface area contributed by atoms with Crippen molar-refractivity contribution >= 4 is 5.91 Å². The molecule has 0 aromatic rings. The third-order valence-corrected chi connectivity index (χ3v) is 2.72. The summed E-state index contributed by atoms with van der Waals surface area (Å²) < 4.78 is 0. The van der Waals surface area contributed by atoms with Crippen LogP contribution in [0.1, 0.15) is 19.3 Å². The van der Waals surface area contributed by atoms with E-state index in [1.54, 1.807) is 4.90 Å². The van der Waals surface area contributed by atoms with Gasteiger partial charge in [-0.15, -0.1) is 12.8 Å². The highest BCUT2D eigenvalue weighted by molar-refractivity contribution is 5.78. The van der Waals surface area contributed by atoms with Crippen LogP contribution in [0.15, 0.2) is 0 Å². The second-order valence-electron chi connectivity index (χ2n) is 3.99. The molecule has 0 aliphatic carbocycles. The minimum Gasteiger partial charge on any atom is -0.319 e. The van der Waals surface area contributed by atoms with Crippen molar-refractivity contribution in [1.82, 2.24) is 9.80 Å². The van der Waals surface area contributed by atoms with Crippen molar-refractivity contribution in [3.05, 3.63) is 0 Å². The molecule has 0 aromatic carbocycles. The van der Waals surface area contributed by atoms with Crippen molar-refractivity contribution in [1.29, 1.82) is 0 Å². The molecule has 0 spiro atoms. The summed E-state index contributed by atoms with van der Waals surface area (Å²) in [5, 5.41) is 0. The van der Waals surface area contributed by atoms with Crippen LogP contribution in [0.5, 0.6) is 0 Å². The van der Waals surface area contributed by atoms with Crippen molar-refractivity contribution in [3.8, 4) is 24.7 Å². The number of hydrogen-bond acceptors (Lipinski definition) is 2. The summed E-state index contributed by atoms with van der Waals surface area (Å²) >= 11 is 0. The van der Waals surface area contributed by atoms with Gasteiger partial charge in [0.2, 0.25) is 5.91 Å². The van der Waals surface area contributed by atoms with E-state index in [4.69, 9.17) is 12.8 Å². The maximum Gasteiger partial charge on any atom is 0.238 e. The summed E-state index contributed by atoms with van der Waals surface area (Å²) in [6, 6.07) is 0. The molecule has 0 atom stereocenters. The lowest BCUT2D eigenvalue weighted by Gasteiger charge is -2.28. The monoisotopic (exact) mass is 218 g/mol. The predicted octanol–water partition coefficient (Wildman–Crippen LogP) is 0.567. The van der Waals surface area contributed by atoms with Gasteiger partial charge in [-0.25, -0.2) is 0 Å². The summed E-state index contributed by atoms with van der Waals surface area (Å²) in [7, 11) is 0. The molecule has 1 rings (SSSR count). The lowest BCUT2D eigenvalue weighted by Crippen LogP contribution is -2.42. The Morgan fingerprint density at radius 1 is 1.12 bits per heavy atom. The number of likely N-dealkylation sites (tertiary alicyclic amines) is 1. The third kappa shape index (κ3) is 3.96. The molecule has 0 saturated carbocycles. The maximum absolute atomic E-state index is 11.9. The summed E-state index contributed by atoms with van der Waals surface area (Å²) in [4.78, 5) is 15.6. The summed E-state index contributed by atoms with van der Waals surface area (Å²) in [6.07, 6.45) is 14.0. The van der Waals surface area contributed by atoms with Crippen LogP contribution in [0, 0.1) is 24.7 Å². The Kier molecular flexibility index (Phi) is 5.46. The van der Waals surface area contributed by atoms with Gasteiger partial charge in [0.05, 0.1) is 19.6 Å². The van der Waals surface area contributed by atoms with Gasteiger partial charge in [0, 0.05) is 0 Å². The fourth-order valence-electron chi connectivity index (χ4n) is 1.86. The van der Waals surface area contributed by atoms with E-state index in [1.807, 2.05) is 0 Å². The minimum atomic E-state index is 0.0396. The van der Waals surface area contributed by atoms with Crippen molar-refractivity contribution in [2.24, 2.45) is 0 Å². The normalized spacial score (nSPS) is 16.1. The SMILES string of the molecule is C#CCN(CC#C)C(=O)CN1CCCCC1. The number of amides is 1. The Bertz CT molecular complexity index is 289. The second kappa shape index (κ2) is 6.93. The van der Waals surface area contributed by atoms with E-state index in [1.165, 1.54) is 19.3 Å². The van der Waals surface area contributed by atoms with Crippen LogP contribution in [-0.2, 0) is 4.79 Å². The molecule has 0 N–H and O–H groups in total. The van der Waals surface area contributed by atoms with E-state index in [2.05, 4.69) is 16.7 Å². The second-order valence-corrected chi connectivity index (χ2v) is 3.99. The van der Waals surface area contributed by atoms with Crippen molar-refractivity contribution < 1.29 is 4.79 Å². The van der Waals surface area contributed by atoms with Gasteiger partial charge in [-0.3, -0.25) is 9.69 Å². The standard InChI is InChI=1S/C13H18N2O/c1-3-8-15(9-4-2)13(16)12-14-10-6-5-7-11-14/h1-2H,5-12H2. The highest BCUT2D eigenvalue weighted by Crippen LogP contribution is 2.08. The largest absolute Gasteiger partial charge is 0.319 e. The molecule has 16 heavy (non-hydrogen) atoms. The average molecular weight is 218 g/mol. The quantitative estimate of drug-likeness (QED) is 0.644. The van der Waals surface area contributed by atoms with Gasteiger partial charge < -0.3 is 4.90 Å². The zero-order valence-corrected chi connectivity index (χ0v) is 9.61. The summed E-state index contributed by atoms with van der Waals surface area (Å²) in [5.41, 5.74) is 0. The van der Waals surface area contributed by atoms with E-state index in [0.29, 0.717) is 19.6 Å². The molecular weight excluding hydrogens is 200 g/mol. The Morgan fingerprint density at radius 2 is 1.69 bits per heavy atom. The average Bonchev–Trinajstić information content (AvgIpc) is 2.30. The Balaban J connectivity index is 2.41. The molecule has 1 aliphatic rings. The third-order valence-electron chi connectivity index (χ3n) is 2.72. The van der Waals surface area contributed by atoms with Crippen LogP contribution in [-0.4, -0.2) is 48.4 Å². The first-order valence-corrected chi connectivity index (χ1v) is 5.65. The van der Waals surface area contributed by atoms with E-state index in [0.717, 1.165) is 13.1 Å². The van der Waals surface area contributed by atoms with E-state index < -0.39 is 0 Å². The zero-order valence-electron chi connectivity index (χ0n) is 9.61. The van der Waals surface area contributed by atoms with Gasteiger partial charge in [-0.2, -0.15) is 0 Å². The lowest BCUT2D eigenvalue weighted by atomic mass is 10.1. The van der Waals surface area contributed by atoms with Crippen LogP contribution in [0.4, 0.5) is 0 Å². The van der Waals surface area contributed by atoms with Crippen molar-refractivity contribution in [2.45, 2.75) is 19.3 Å². The molecule has 0 radical (unpaired) electrons. The highest BCUT2D eigenvalue weighted by Gasteiger charge is 2.17. The first kappa shape index (κ1) is 12.6. The fourth-order valence-corrected chi connectivity index (χ4v) is 1.86. The van der Waals surface area contributed by atoms with Crippen LogP contribution >= 0.6 is 0 Å². The molecule has 1 aliphatic heterocycles. The molecule has 0 unspecified atom stereocenters. The van der Waals surface area contributed by atoms with Gasteiger partial charge in [-0.1, -0.05) is 18.3 Å². The Labute approximate surface area is 97.8 Å². The molecule has 3 nitrogen and oxygen atoms in total. The molecule has 3 heteroatoms. The highest BCUT2D eigenvalue weighted by atomic mass is 16.2. The molecule has 1 fully saturated rings. The van der Waals surface area contributed by atoms with Gasteiger partial charge in [-0.05, 0) is 25.9 Å². The molecule has 86 valence electrons. The Morgan fingerprint density at radius 3 is 2.19 bits per heavy atom. The molecule has 1 amide bonds. The first-order chi connectivity index (χ1) is 7.77. The summed E-state index contributed by atoms with van der Waals surface area (Å²) in [6.45, 7) is 3.06. The van der Waals surface area contributed by atoms with Crippen LogP contribution in [0.2, 0.25) is 0 Å². The molecule has 1 heterocycles. The van der Waals surface area contributed by atoms with Crippen LogP contribution in [0.3, 0.4) is 0 Å². The number of rotatable bonds is 4. The molecule has 0 bridgehead atoms. The van der Waals surface area contributed by atoms with Crippen molar-refractivity contribution in [2.75, 3.05) is 32.7 Å². The summed E-state index contributed by atoms with van der Waals surface area (Å²) in [5.74, 6) is 4.96. The number of piperidine rings is 1. The van der Waals surface area contributed by atoms with Crippen molar-refractivity contribution in [3.63, 3.8) is 0 Å². The van der Waals surface area contributed by atoms with E-state index in [9.17, 15) is 4.79 Å². The van der Waals surface area contributed by atoms with Crippen LogP contribution in [0.25, 0.3) is 0 Å². The number of carbonyl (C=O) groups excluding carboxylic acids is 1. The number of hydrogen-bond donors (Lipinski definition) is 0. The number of nitrogens with zero attached hydrogens (tertiary/aromatic N) is 2. The first-order valence-electron chi connectivity index (χ1n) is 5.65. The fraction of sp³-hybridized carbons (Fsp3) is 0.615. The van der Waals surface area contributed by atoms with Gasteiger partial charge in [0.15, 0.2) is 0 Å². The number of terminal acetylenes is 2. The van der Waals surface area contributed by atoms with Crippen LogP contribution < -0.4 is 0 Å².